The van der Waals surface area contributed by atoms with Gasteiger partial charge >= 0.3 is 12.2 Å². The summed E-state index contributed by atoms with van der Waals surface area (Å²) in [7, 11) is 0. The molecule has 3 N–H and O–H groups in total. The first kappa shape index (κ1) is 30.8. The number of anilines is 4. The molecule has 0 aliphatic carbocycles. The lowest BCUT2D eigenvalue weighted by Crippen LogP contribution is -2.39. The van der Waals surface area contributed by atoms with Gasteiger partial charge in [-0.3, -0.25) is 9.69 Å². The molecule has 8 nitrogen and oxygen atoms in total. The average Bonchev–Trinajstić information content (AvgIpc) is 2.97. The van der Waals surface area contributed by atoms with Gasteiger partial charge in [-0.2, -0.15) is 13.2 Å². The van der Waals surface area contributed by atoms with E-state index < -0.39 is 17.6 Å². The molecule has 0 unspecified atom stereocenters. The molecule has 11 heteroatoms. The second-order valence-corrected chi connectivity index (χ2v) is 10.3. The molecule has 1 aliphatic rings. The van der Waals surface area contributed by atoms with Crippen LogP contribution in [0.2, 0.25) is 0 Å². The van der Waals surface area contributed by atoms with E-state index in [1.807, 2.05) is 13.8 Å². The first-order chi connectivity index (χ1) is 20.0. The standard InChI is InChI=1S/C31H37F3N6O2/c1-5-39(6-2)15-8-7-14-35-28-21(4)27-23(18-36-28)19-40(30(42)38-27)26-17-25(13-12-20(26)3)37-29(41)22-10-9-11-24(16-22)31(32,33)34/h9-13,16-18H,5-8,14-15,19H2,1-4H3,(H,35,36)(H,37,41)(H,38,42). The van der Waals surface area contributed by atoms with Gasteiger partial charge in [-0.25, -0.2) is 9.78 Å². The molecule has 2 aromatic carbocycles. The number of halogens is 3. The first-order valence-electron chi connectivity index (χ1n) is 14.1. The van der Waals surface area contributed by atoms with Crippen molar-refractivity contribution in [2.45, 2.75) is 53.3 Å². The summed E-state index contributed by atoms with van der Waals surface area (Å²) >= 11 is 0. The minimum absolute atomic E-state index is 0.119. The van der Waals surface area contributed by atoms with Crippen molar-refractivity contribution in [1.29, 1.82) is 0 Å². The summed E-state index contributed by atoms with van der Waals surface area (Å²) in [4.78, 5) is 34.6. The number of unbranched alkanes of at least 4 members (excludes halogenated alkanes) is 1. The highest BCUT2D eigenvalue weighted by Gasteiger charge is 2.31. The van der Waals surface area contributed by atoms with E-state index in [4.69, 9.17) is 0 Å². The number of benzene rings is 2. The number of urea groups is 1. The number of aromatic nitrogens is 1. The van der Waals surface area contributed by atoms with Crippen LogP contribution in [0.4, 0.5) is 40.8 Å². The van der Waals surface area contributed by atoms with Gasteiger partial charge in [0.25, 0.3) is 5.91 Å². The number of pyridine rings is 1. The highest BCUT2D eigenvalue weighted by atomic mass is 19.4. The minimum Gasteiger partial charge on any atom is -0.370 e. The van der Waals surface area contributed by atoms with Gasteiger partial charge in [-0.05, 0) is 82.2 Å². The lowest BCUT2D eigenvalue weighted by Gasteiger charge is -2.32. The third-order valence-electron chi connectivity index (χ3n) is 7.50. The van der Waals surface area contributed by atoms with E-state index in [0.717, 1.165) is 79.3 Å². The summed E-state index contributed by atoms with van der Waals surface area (Å²) in [6, 6.07) is 8.94. The number of fused-ring (bicyclic) bond motifs is 1. The van der Waals surface area contributed by atoms with E-state index in [1.54, 1.807) is 29.3 Å². The molecule has 0 fully saturated rings. The predicted octanol–water partition coefficient (Wildman–Crippen LogP) is 7.06. The first-order valence-corrected chi connectivity index (χ1v) is 14.1. The molecule has 0 bridgehead atoms. The topological polar surface area (TPSA) is 89.6 Å². The average molecular weight is 583 g/mol. The molecule has 0 spiro atoms. The van der Waals surface area contributed by atoms with Crippen molar-refractivity contribution < 1.29 is 22.8 Å². The Labute approximate surface area is 244 Å². The Morgan fingerprint density at radius 2 is 1.86 bits per heavy atom. The van der Waals surface area contributed by atoms with Crippen LogP contribution in [0.3, 0.4) is 0 Å². The second kappa shape index (κ2) is 13.2. The Kier molecular flexibility index (Phi) is 9.72. The maximum absolute atomic E-state index is 13.3. The van der Waals surface area contributed by atoms with Gasteiger partial charge in [0, 0.05) is 35.1 Å². The number of carbonyl (C=O) groups is 2. The molecule has 42 heavy (non-hydrogen) atoms. The fourth-order valence-corrected chi connectivity index (χ4v) is 4.97. The largest absolute Gasteiger partial charge is 0.416 e. The summed E-state index contributed by atoms with van der Waals surface area (Å²) in [5.41, 5.74) is 3.12. The zero-order valence-corrected chi connectivity index (χ0v) is 24.4. The van der Waals surface area contributed by atoms with E-state index in [9.17, 15) is 22.8 Å². The van der Waals surface area contributed by atoms with Gasteiger partial charge < -0.3 is 20.9 Å². The summed E-state index contributed by atoms with van der Waals surface area (Å²) < 4.78 is 39.3. The van der Waals surface area contributed by atoms with Crippen molar-refractivity contribution in [3.8, 4) is 0 Å². The van der Waals surface area contributed by atoms with Crippen LogP contribution in [0.1, 0.15) is 59.3 Å². The second-order valence-electron chi connectivity index (χ2n) is 10.3. The van der Waals surface area contributed by atoms with Crippen molar-refractivity contribution in [2.24, 2.45) is 0 Å². The van der Waals surface area contributed by atoms with Crippen LogP contribution in [0, 0.1) is 13.8 Å². The smallest absolute Gasteiger partial charge is 0.370 e. The van der Waals surface area contributed by atoms with Crippen LogP contribution in [-0.2, 0) is 12.7 Å². The minimum atomic E-state index is -4.56. The van der Waals surface area contributed by atoms with Crippen molar-refractivity contribution in [1.82, 2.24) is 9.88 Å². The number of aryl methyl sites for hydroxylation is 1. The molecule has 3 amide bonds. The molecule has 1 aromatic heterocycles. The van der Waals surface area contributed by atoms with Gasteiger partial charge in [-0.1, -0.05) is 26.0 Å². The monoisotopic (exact) mass is 582 g/mol. The number of alkyl halides is 3. The van der Waals surface area contributed by atoms with Crippen LogP contribution in [0.25, 0.3) is 0 Å². The molecule has 0 saturated carbocycles. The molecule has 2 heterocycles. The molecule has 1 aliphatic heterocycles. The lowest BCUT2D eigenvalue weighted by atomic mass is 10.1. The molecule has 0 atom stereocenters. The van der Waals surface area contributed by atoms with Crippen molar-refractivity contribution in [3.63, 3.8) is 0 Å². The maximum atomic E-state index is 13.3. The van der Waals surface area contributed by atoms with Crippen LogP contribution in [0.15, 0.2) is 48.7 Å². The third-order valence-corrected chi connectivity index (χ3v) is 7.50. The number of hydrogen-bond donors (Lipinski definition) is 3. The molecule has 224 valence electrons. The lowest BCUT2D eigenvalue weighted by molar-refractivity contribution is -0.137. The Hall–Kier alpha value is -4.12. The predicted molar refractivity (Wildman–Crippen MR) is 160 cm³/mol. The molecular formula is C31H37F3N6O2. The quantitative estimate of drug-likeness (QED) is 0.211. The number of amides is 3. The number of nitrogens with zero attached hydrogens (tertiary/aromatic N) is 3. The third kappa shape index (κ3) is 7.20. The van der Waals surface area contributed by atoms with E-state index >= 15 is 0 Å². The molecule has 0 saturated heterocycles. The highest BCUT2D eigenvalue weighted by molar-refractivity contribution is 6.07. The van der Waals surface area contributed by atoms with Gasteiger partial charge in [0.2, 0.25) is 0 Å². The van der Waals surface area contributed by atoms with Crippen LogP contribution >= 0.6 is 0 Å². The van der Waals surface area contributed by atoms with Crippen LogP contribution in [-0.4, -0.2) is 48.0 Å². The number of nitrogens with one attached hydrogen (secondary N) is 3. The zero-order chi connectivity index (χ0) is 30.4. The van der Waals surface area contributed by atoms with E-state index in [0.29, 0.717) is 11.4 Å². The summed E-state index contributed by atoms with van der Waals surface area (Å²) in [6.07, 6.45) is -0.708. The number of rotatable bonds is 11. The van der Waals surface area contributed by atoms with Crippen molar-refractivity contribution >= 4 is 34.8 Å². The molecule has 3 aromatic rings. The highest BCUT2D eigenvalue weighted by Crippen LogP contribution is 2.35. The van der Waals surface area contributed by atoms with E-state index in [2.05, 4.69) is 39.7 Å². The molecule has 4 rings (SSSR count). The Balaban J connectivity index is 1.45. The zero-order valence-electron chi connectivity index (χ0n) is 24.4. The Morgan fingerprint density at radius 3 is 2.57 bits per heavy atom. The maximum Gasteiger partial charge on any atom is 0.416 e. The molecule has 0 radical (unpaired) electrons. The van der Waals surface area contributed by atoms with E-state index in [-0.39, 0.29) is 18.1 Å². The summed E-state index contributed by atoms with van der Waals surface area (Å²) in [5.74, 6) is 0.0538. The van der Waals surface area contributed by atoms with Crippen LogP contribution in [0.5, 0.6) is 0 Å². The van der Waals surface area contributed by atoms with E-state index in [1.165, 1.54) is 12.1 Å². The summed E-state index contributed by atoms with van der Waals surface area (Å²) in [6.45, 7) is 12.3. The summed E-state index contributed by atoms with van der Waals surface area (Å²) in [5, 5.41) is 9.03. The van der Waals surface area contributed by atoms with Gasteiger partial charge in [0.05, 0.1) is 23.5 Å². The van der Waals surface area contributed by atoms with Gasteiger partial charge in [-0.15, -0.1) is 0 Å². The van der Waals surface area contributed by atoms with Gasteiger partial charge in [0.15, 0.2) is 0 Å². The fourth-order valence-electron chi connectivity index (χ4n) is 4.97. The molecular weight excluding hydrogens is 545 g/mol. The fraction of sp³-hybridized carbons (Fsp3) is 0.387. The number of hydrogen-bond acceptors (Lipinski definition) is 5. The Bertz CT molecular complexity index is 1440. The number of carbonyl (C=O) groups excluding carboxylic acids is 2. The van der Waals surface area contributed by atoms with Crippen LogP contribution < -0.4 is 20.9 Å². The van der Waals surface area contributed by atoms with Crippen molar-refractivity contribution in [2.75, 3.05) is 47.0 Å². The SMILES string of the molecule is CCN(CC)CCCCNc1ncc2c(c1C)NC(=O)N(c1cc(NC(=O)c3cccc(C(F)(F)F)c3)ccc1C)C2. The Morgan fingerprint density at radius 1 is 1.10 bits per heavy atom. The normalized spacial score (nSPS) is 13.1. The van der Waals surface area contributed by atoms with Gasteiger partial charge in [0.1, 0.15) is 5.82 Å². The van der Waals surface area contributed by atoms with Crippen molar-refractivity contribution in [3.05, 3.63) is 76.5 Å².